The van der Waals surface area contributed by atoms with Crippen LogP contribution in [0.25, 0.3) is 11.0 Å². The molecule has 0 unspecified atom stereocenters. The Kier molecular flexibility index (Phi) is 4.06. The summed E-state index contributed by atoms with van der Waals surface area (Å²) < 4.78 is 11.9. The third-order valence-electron chi connectivity index (χ3n) is 4.24. The standard InChI is InChI=1S/C18H16BrN3O2/c1-23-12-4-5-15(21-9-12)13-7-11(13)10-24-18-14(19)8-17-16(22-18)3-2-6-20-17/h2-6,8-9,11,13H,7,10H2,1H3/t11-,13+/m1/s1. The molecule has 4 rings (SSSR count). The first-order valence-electron chi connectivity index (χ1n) is 7.78. The second-order valence-electron chi connectivity index (χ2n) is 5.85. The van der Waals surface area contributed by atoms with Crippen molar-refractivity contribution < 1.29 is 9.47 Å². The molecule has 24 heavy (non-hydrogen) atoms. The third-order valence-corrected chi connectivity index (χ3v) is 4.81. The van der Waals surface area contributed by atoms with Crippen LogP contribution in [-0.4, -0.2) is 28.7 Å². The molecule has 1 saturated carbocycles. The molecule has 122 valence electrons. The molecule has 0 spiro atoms. The zero-order valence-corrected chi connectivity index (χ0v) is 14.7. The number of rotatable bonds is 5. The maximum Gasteiger partial charge on any atom is 0.228 e. The quantitative estimate of drug-likeness (QED) is 0.664. The Morgan fingerprint density at radius 3 is 2.92 bits per heavy atom. The van der Waals surface area contributed by atoms with Crippen molar-refractivity contribution in [2.24, 2.45) is 5.92 Å². The van der Waals surface area contributed by atoms with Crippen LogP contribution < -0.4 is 9.47 Å². The molecule has 0 bridgehead atoms. The second kappa shape index (κ2) is 6.36. The second-order valence-corrected chi connectivity index (χ2v) is 6.71. The Morgan fingerprint density at radius 1 is 1.21 bits per heavy atom. The van der Waals surface area contributed by atoms with Crippen molar-refractivity contribution in [1.82, 2.24) is 15.0 Å². The number of methoxy groups -OCH3 is 1. The van der Waals surface area contributed by atoms with Gasteiger partial charge in [-0.05, 0) is 52.7 Å². The van der Waals surface area contributed by atoms with Crippen molar-refractivity contribution in [3.63, 3.8) is 0 Å². The molecule has 2 atom stereocenters. The van der Waals surface area contributed by atoms with Crippen LogP contribution in [0.1, 0.15) is 18.0 Å². The largest absolute Gasteiger partial charge is 0.495 e. The maximum absolute atomic E-state index is 5.93. The molecule has 0 N–H and O–H groups in total. The lowest BCUT2D eigenvalue weighted by atomic mass is 10.2. The Hall–Kier alpha value is -2.21. The van der Waals surface area contributed by atoms with Gasteiger partial charge in [0.15, 0.2) is 0 Å². The molecule has 3 aromatic heterocycles. The first kappa shape index (κ1) is 15.3. The van der Waals surface area contributed by atoms with E-state index in [9.17, 15) is 0 Å². The summed E-state index contributed by atoms with van der Waals surface area (Å²) in [5.74, 6) is 2.33. The van der Waals surface area contributed by atoms with E-state index in [2.05, 4.69) is 30.9 Å². The van der Waals surface area contributed by atoms with E-state index in [-0.39, 0.29) is 0 Å². The highest BCUT2D eigenvalue weighted by molar-refractivity contribution is 9.10. The number of nitrogens with zero attached hydrogens (tertiary/aromatic N) is 3. The monoisotopic (exact) mass is 385 g/mol. The number of hydrogen-bond acceptors (Lipinski definition) is 5. The number of halogens is 1. The molecule has 3 aromatic rings. The Morgan fingerprint density at radius 2 is 2.12 bits per heavy atom. The fraction of sp³-hybridized carbons (Fsp3) is 0.278. The van der Waals surface area contributed by atoms with E-state index in [1.165, 1.54) is 0 Å². The normalized spacial score (nSPS) is 19.2. The summed E-state index contributed by atoms with van der Waals surface area (Å²) in [6.07, 6.45) is 4.61. The van der Waals surface area contributed by atoms with Crippen LogP contribution in [-0.2, 0) is 0 Å². The highest BCUT2D eigenvalue weighted by atomic mass is 79.9. The summed E-state index contributed by atoms with van der Waals surface area (Å²) in [4.78, 5) is 13.3. The van der Waals surface area contributed by atoms with Gasteiger partial charge in [0.25, 0.3) is 0 Å². The van der Waals surface area contributed by atoms with Gasteiger partial charge in [0, 0.05) is 23.7 Å². The van der Waals surface area contributed by atoms with Gasteiger partial charge in [-0.25, -0.2) is 4.98 Å². The number of aromatic nitrogens is 3. The van der Waals surface area contributed by atoms with Crippen molar-refractivity contribution in [2.45, 2.75) is 12.3 Å². The van der Waals surface area contributed by atoms with Gasteiger partial charge in [-0.3, -0.25) is 9.97 Å². The molecule has 1 fully saturated rings. The number of pyridine rings is 3. The van der Waals surface area contributed by atoms with Gasteiger partial charge in [0.05, 0.1) is 35.4 Å². The summed E-state index contributed by atoms with van der Waals surface area (Å²) in [6.45, 7) is 0.635. The predicted octanol–water partition coefficient (Wildman–Crippen LogP) is 3.98. The van der Waals surface area contributed by atoms with Gasteiger partial charge < -0.3 is 9.47 Å². The van der Waals surface area contributed by atoms with Gasteiger partial charge in [-0.1, -0.05) is 0 Å². The van der Waals surface area contributed by atoms with Crippen LogP contribution in [0.4, 0.5) is 0 Å². The van der Waals surface area contributed by atoms with Gasteiger partial charge in [-0.15, -0.1) is 0 Å². The molecule has 1 aliphatic rings. The molecule has 0 radical (unpaired) electrons. The van der Waals surface area contributed by atoms with Crippen LogP contribution >= 0.6 is 15.9 Å². The van der Waals surface area contributed by atoms with Crippen LogP contribution in [0.5, 0.6) is 11.6 Å². The molecule has 0 aliphatic heterocycles. The molecule has 0 saturated heterocycles. The van der Waals surface area contributed by atoms with Crippen molar-refractivity contribution in [1.29, 1.82) is 0 Å². The van der Waals surface area contributed by atoms with E-state index in [1.54, 1.807) is 19.5 Å². The summed E-state index contributed by atoms with van der Waals surface area (Å²) in [5.41, 5.74) is 2.78. The Bertz CT molecular complexity index is 870. The molecule has 0 aromatic carbocycles. The van der Waals surface area contributed by atoms with E-state index in [0.29, 0.717) is 24.3 Å². The smallest absolute Gasteiger partial charge is 0.228 e. The zero-order valence-electron chi connectivity index (χ0n) is 13.1. The Balaban J connectivity index is 1.42. The topological polar surface area (TPSA) is 57.1 Å². The Labute approximate surface area is 148 Å². The SMILES string of the molecule is COc1ccc([C@H]2C[C@@H]2COc2nc3cccnc3cc2Br)nc1. The molecule has 6 heteroatoms. The first-order chi connectivity index (χ1) is 11.7. The minimum atomic E-state index is 0.455. The molecular weight excluding hydrogens is 370 g/mol. The van der Waals surface area contributed by atoms with Crippen LogP contribution in [0.2, 0.25) is 0 Å². The van der Waals surface area contributed by atoms with Crippen molar-refractivity contribution in [2.75, 3.05) is 13.7 Å². The number of hydrogen-bond donors (Lipinski definition) is 0. The average Bonchev–Trinajstić information content (AvgIpc) is 3.39. The van der Waals surface area contributed by atoms with Crippen molar-refractivity contribution in [3.8, 4) is 11.6 Å². The molecule has 5 nitrogen and oxygen atoms in total. The maximum atomic E-state index is 5.93. The lowest BCUT2D eigenvalue weighted by Gasteiger charge is -2.08. The van der Waals surface area contributed by atoms with E-state index >= 15 is 0 Å². The zero-order chi connectivity index (χ0) is 16.5. The van der Waals surface area contributed by atoms with Crippen LogP contribution in [0, 0.1) is 5.92 Å². The van der Waals surface area contributed by atoms with Crippen molar-refractivity contribution in [3.05, 3.63) is 52.9 Å². The lowest BCUT2D eigenvalue weighted by molar-refractivity contribution is 0.284. The van der Waals surface area contributed by atoms with E-state index in [0.717, 1.165) is 33.4 Å². The molecular formula is C18H16BrN3O2. The van der Waals surface area contributed by atoms with Gasteiger partial charge in [0.2, 0.25) is 5.88 Å². The fourth-order valence-corrected chi connectivity index (χ4v) is 3.19. The first-order valence-corrected chi connectivity index (χ1v) is 8.58. The average molecular weight is 386 g/mol. The summed E-state index contributed by atoms with van der Waals surface area (Å²) in [6, 6.07) is 9.72. The highest BCUT2D eigenvalue weighted by Crippen LogP contribution is 2.47. The van der Waals surface area contributed by atoms with Crippen LogP contribution in [0.3, 0.4) is 0 Å². The molecule has 1 aliphatic carbocycles. The lowest BCUT2D eigenvalue weighted by Crippen LogP contribution is -2.04. The van der Waals surface area contributed by atoms with Gasteiger partial charge in [-0.2, -0.15) is 0 Å². The minimum Gasteiger partial charge on any atom is -0.495 e. The summed E-state index contributed by atoms with van der Waals surface area (Å²) in [7, 11) is 1.65. The minimum absolute atomic E-state index is 0.455. The molecule has 3 heterocycles. The number of ether oxygens (including phenoxy) is 2. The molecule has 0 amide bonds. The van der Waals surface area contributed by atoms with Gasteiger partial charge >= 0.3 is 0 Å². The van der Waals surface area contributed by atoms with E-state index in [4.69, 9.17) is 9.47 Å². The fourth-order valence-electron chi connectivity index (χ4n) is 2.77. The van der Waals surface area contributed by atoms with Crippen molar-refractivity contribution >= 4 is 27.0 Å². The van der Waals surface area contributed by atoms with E-state index in [1.807, 2.05) is 30.3 Å². The van der Waals surface area contributed by atoms with Crippen LogP contribution in [0.15, 0.2) is 47.2 Å². The third kappa shape index (κ3) is 3.06. The summed E-state index contributed by atoms with van der Waals surface area (Å²) in [5, 5.41) is 0. The predicted molar refractivity (Wildman–Crippen MR) is 94.4 cm³/mol. The number of fused-ring (bicyclic) bond motifs is 1. The highest BCUT2D eigenvalue weighted by Gasteiger charge is 2.40. The summed E-state index contributed by atoms with van der Waals surface area (Å²) >= 11 is 3.51. The van der Waals surface area contributed by atoms with Gasteiger partial charge in [0.1, 0.15) is 5.75 Å². The van der Waals surface area contributed by atoms with E-state index < -0.39 is 0 Å².